The van der Waals surface area contributed by atoms with Crippen LogP contribution in [0.3, 0.4) is 0 Å². The van der Waals surface area contributed by atoms with Crippen molar-refractivity contribution in [1.29, 1.82) is 0 Å². The van der Waals surface area contributed by atoms with Crippen molar-refractivity contribution in [2.24, 2.45) is 5.92 Å². The van der Waals surface area contributed by atoms with Crippen molar-refractivity contribution in [3.63, 3.8) is 0 Å². The third-order valence-electron chi connectivity index (χ3n) is 6.22. The van der Waals surface area contributed by atoms with Crippen LogP contribution in [0.2, 0.25) is 0 Å². The number of aromatic nitrogens is 2. The maximum atomic E-state index is 13.6. The van der Waals surface area contributed by atoms with Gasteiger partial charge in [-0.2, -0.15) is 0 Å². The first-order valence-electron chi connectivity index (χ1n) is 10.4. The SMILES string of the molecule is O=C(C1CCN(Cc2ccco2)CC1)N1CCn2cccc2[C@H]1c1cccnc1. The van der Waals surface area contributed by atoms with E-state index >= 15 is 0 Å². The van der Waals surface area contributed by atoms with Crippen LogP contribution in [-0.2, 0) is 17.9 Å². The number of furan rings is 1. The van der Waals surface area contributed by atoms with E-state index in [1.165, 1.54) is 5.69 Å². The Labute approximate surface area is 170 Å². The number of carbonyl (C=O) groups excluding carboxylic acids is 1. The Morgan fingerprint density at radius 2 is 1.97 bits per heavy atom. The van der Waals surface area contributed by atoms with Crippen LogP contribution >= 0.6 is 0 Å². The number of carbonyl (C=O) groups is 1. The number of nitrogens with zero attached hydrogens (tertiary/aromatic N) is 4. The normalized spacial score (nSPS) is 20.6. The van der Waals surface area contributed by atoms with Crippen molar-refractivity contribution in [1.82, 2.24) is 19.4 Å². The maximum absolute atomic E-state index is 13.6. The van der Waals surface area contributed by atoms with Crippen molar-refractivity contribution < 1.29 is 9.21 Å². The van der Waals surface area contributed by atoms with Gasteiger partial charge in [-0.3, -0.25) is 14.7 Å². The van der Waals surface area contributed by atoms with Gasteiger partial charge in [0.05, 0.1) is 18.8 Å². The number of hydrogen-bond acceptors (Lipinski definition) is 4. The van der Waals surface area contributed by atoms with Gasteiger partial charge < -0.3 is 13.9 Å². The van der Waals surface area contributed by atoms with Crippen molar-refractivity contribution in [3.8, 4) is 0 Å². The molecule has 150 valence electrons. The predicted octanol–water partition coefficient (Wildman–Crippen LogP) is 3.32. The lowest BCUT2D eigenvalue weighted by Gasteiger charge is -2.40. The van der Waals surface area contributed by atoms with E-state index < -0.39 is 0 Å². The Balaban J connectivity index is 1.31. The second-order valence-corrected chi connectivity index (χ2v) is 7.98. The smallest absolute Gasteiger partial charge is 0.226 e. The van der Waals surface area contributed by atoms with Gasteiger partial charge in [0.1, 0.15) is 5.76 Å². The molecule has 0 aliphatic carbocycles. The highest BCUT2D eigenvalue weighted by Gasteiger charge is 2.36. The molecule has 0 spiro atoms. The zero-order chi connectivity index (χ0) is 19.6. The standard InChI is InChI=1S/C23H26N4O2/c28-23(18-7-11-25(12-8-18)17-20-5-3-15-29-20)27-14-13-26-10-2-6-21(26)22(27)19-4-1-9-24-16-19/h1-6,9-10,15-16,18,22H,7-8,11-14,17H2/t22-/m1/s1. The average Bonchev–Trinajstić information content (AvgIpc) is 3.45. The molecule has 29 heavy (non-hydrogen) atoms. The summed E-state index contributed by atoms with van der Waals surface area (Å²) >= 11 is 0. The van der Waals surface area contributed by atoms with Crippen molar-refractivity contribution in [2.75, 3.05) is 19.6 Å². The van der Waals surface area contributed by atoms with E-state index in [9.17, 15) is 4.79 Å². The Hall–Kier alpha value is -2.86. The first kappa shape index (κ1) is 18.2. The molecule has 0 N–H and O–H groups in total. The van der Waals surface area contributed by atoms with Gasteiger partial charge in [-0.1, -0.05) is 6.07 Å². The molecule has 5 rings (SSSR count). The Kier molecular flexibility index (Phi) is 4.94. The van der Waals surface area contributed by atoms with Crippen LogP contribution in [0.25, 0.3) is 0 Å². The van der Waals surface area contributed by atoms with Gasteiger partial charge in [0, 0.05) is 43.3 Å². The summed E-state index contributed by atoms with van der Waals surface area (Å²) in [6, 6.07) is 12.1. The minimum Gasteiger partial charge on any atom is -0.468 e. The highest BCUT2D eigenvalue weighted by molar-refractivity contribution is 5.80. The fourth-order valence-corrected chi connectivity index (χ4v) is 4.70. The van der Waals surface area contributed by atoms with E-state index in [2.05, 4.69) is 43.7 Å². The number of likely N-dealkylation sites (tertiary alicyclic amines) is 1. The summed E-state index contributed by atoms with van der Waals surface area (Å²) in [4.78, 5) is 22.3. The molecule has 3 aromatic rings. The van der Waals surface area contributed by atoms with Crippen LogP contribution in [0, 0.1) is 5.92 Å². The fraction of sp³-hybridized carbons (Fsp3) is 0.391. The van der Waals surface area contributed by atoms with Crippen molar-refractivity contribution >= 4 is 5.91 Å². The van der Waals surface area contributed by atoms with Crippen LogP contribution in [0.15, 0.2) is 65.7 Å². The number of pyridine rings is 1. The Morgan fingerprint density at radius 1 is 1.07 bits per heavy atom. The minimum absolute atomic E-state index is 0.0545. The van der Waals surface area contributed by atoms with Gasteiger partial charge in [-0.15, -0.1) is 0 Å². The van der Waals surface area contributed by atoms with E-state index in [1.807, 2.05) is 24.4 Å². The average molecular weight is 390 g/mol. The molecule has 1 amide bonds. The predicted molar refractivity (Wildman–Crippen MR) is 109 cm³/mol. The number of rotatable bonds is 4. The Bertz CT molecular complexity index is 942. The van der Waals surface area contributed by atoms with Gasteiger partial charge in [0.25, 0.3) is 0 Å². The molecule has 2 aliphatic heterocycles. The molecule has 1 saturated heterocycles. The molecule has 0 radical (unpaired) electrons. The third-order valence-corrected chi connectivity index (χ3v) is 6.22. The molecular formula is C23H26N4O2. The van der Waals surface area contributed by atoms with E-state index in [0.29, 0.717) is 0 Å². The summed E-state index contributed by atoms with van der Waals surface area (Å²) in [7, 11) is 0. The van der Waals surface area contributed by atoms with Crippen molar-refractivity contribution in [3.05, 3.63) is 78.3 Å². The summed E-state index contributed by atoms with van der Waals surface area (Å²) in [5.74, 6) is 1.36. The summed E-state index contributed by atoms with van der Waals surface area (Å²) in [5.41, 5.74) is 2.25. The molecule has 0 unspecified atom stereocenters. The molecule has 0 saturated carbocycles. The largest absolute Gasteiger partial charge is 0.468 e. The molecule has 5 heterocycles. The van der Waals surface area contributed by atoms with Gasteiger partial charge in [0.15, 0.2) is 0 Å². The zero-order valence-corrected chi connectivity index (χ0v) is 16.5. The second-order valence-electron chi connectivity index (χ2n) is 7.98. The minimum atomic E-state index is -0.0545. The first-order valence-corrected chi connectivity index (χ1v) is 10.4. The zero-order valence-electron chi connectivity index (χ0n) is 16.5. The summed E-state index contributed by atoms with van der Waals surface area (Å²) < 4.78 is 7.73. The van der Waals surface area contributed by atoms with Gasteiger partial charge in [-0.05, 0) is 61.8 Å². The molecule has 1 fully saturated rings. The molecule has 6 nitrogen and oxygen atoms in total. The van der Waals surface area contributed by atoms with Crippen LogP contribution in [-0.4, -0.2) is 44.9 Å². The van der Waals surface area contributed by atoms with E-state index in [4.69, 9.17) is 4.42 Å². The molecule has 6 heteroatoms. The first-order chi connectivity index (χ1) is 14.3. The lowest BCUT2D eigenvalue weighted by molar-refractivity contribution is -0.140. The molecule has 2 aliphatic rings. The van der Waals surface area contributed by atoms with Crippen LogP contribution in [0.4, 0.5) is 0 Å². The number of amides is 1. The van der Waals surface area contributed by atoms with E-state index in [0.717, 1.165) is 56.9 Å². The quantitative estimate of drug-likeness (QED) is 0.686. The summed E-state index contributed by atoms with van der Waals surface area (Å²) in [6.07, 6.45) is 9.30. The molecular weight excluding hydrogens is 364 g/mol. The molecule has 0 bridgehead atoms. The summed E-state index contributed by atoms with van der Waals surface area (Å²) in [6.45, 7) is 4.27. The highest BCUT2D eigenvalue weighted by Crippen LogP contribution is 2.34. The second kappa shape index (κ2) is 7.87. The van der Waals surface area contributed by atoms with Crippen molar-refractivity contribution in [2.45, 2.75) is 32.0 Å². The lowest BCUT2D eigenvalue weighted by atomic mass is 9.92. The highest BCUT2D eigenvalue weighted by atomic mass is 16.3. The molecule has 0 aromatic carbocycles. The third kappa shape index (κ3) is 3.60. The van der Waals surface area contributed by atoms with Crippen LogP contribution in [0.5, 0.6) is 0 Å². The number of fused-ring (bicyclic) bond motifs is 1. The molecule has 1 atom stereocenters. The van der Waals surface area contributed by atoms with Gasteiger partial charge in [0.2, 0.25) is 5.91 Å². The number of hydrogen-bond donors (Lipinski definition) is 0. The number of piperidine rings is 1. The molecule has 3 aromatic heterocycles. The van der Waals surface area contributed by atoms with Crippen LogP contribution in [0.1, 0.15) is 35.9 Å². The topological polar surface area (TPSA) is 54.5 Å². The van der Waals surface area contributed by atoms with Crippen LogP contribution < -0.4 is 0 Å². The fourth-order valence-electron chi connectivity index (χ4n) is 4.70. The Morgan fingerprint density at radius 3 is 2.72 bits per heavy atom. The maximum Gasteiger partial charge on any atom is 0.226 e. The van der Waals surface area contributed by atoms with E-state index in [-0.39, 0.29) is 17.9 Å². The summed E-state index contributed by atoms with van der Waals surface area (Å²) in [5, 5.41) is 0. The van der Waals surface area contributed by atoms with Gasteiger partial charge in [-0.25, -0.2) is 0 Å². The monoisotopic (exact) mass is 390 g/mol. The lowest BCUT2D eigenvalue weighted by Crippen LogP contribution is -2.47. The van der Waals surface area contributed by atoms with Gasteiger partial charge >= 0.3 is 0 Å². The van der Waals surface area contributed by atoms with E-state index in [1.54, 1.807) is 12.5 Å².